The standard InChI is InChI=1S/C30H30O10/c1-5-27(31)37-17-21-11-22(18-38-28(32)6-2)14-25(13-21)35-9-10-36-26-15-23(19-39-29(33)7-3)12-24(16-26)20-40-30(34)8-4/h5-8,11-16H,1-4,9-10,17-20H2. The molecule has 10 heteroatoms. The van der Waals surface area contributed by atoms with E-state index in [-0.39, 0.29) is 39.6 Å². The topological polar surface area (TPSA) is 124 Å². The zero-order valence-electron chi connectivity index (χ0n) is 21.9. The van der Waals surface area contributed by atoms with Crippen molar-refractivity contribution in [2.24, 2.45) is 0 Å². The number of ether oxygens (including phenoxy) is 6. The van der Waals surface area contributed by atoms with Crippen molar-refractivity contribution in [1.82, 2.24) is 0 Å². The second kappa shape index (κ2) is 16.7. The Bertz CT molecular complexity index is 1080. The van der Waals surface area contributed by atoms with Crippen LogP contribution in [0, 0.1) is 0 Å². The highest BCUT2D eigenvalue weighted by atomic mass is 16.5. The lowest BCUT2D eigenvalue weighted by atomic mass is 10.1. The summed E-state index contributed by atoms with van der Waals surface area (Å²) in [6.07, 6.45) is 4.21. The van der Waals surface area contributed by atoms with Crippen LogP contribution in [0.15, 0.2) is 87.0 Å². The Morgan fingerprint density at radius 1 is 0.475 bits per heavy atom. The summed E-state index contributed by atoms with van der Waals surface area (Å²) in [7, 11) is 0. The molecule has 10 nitrogen and oxygen atoms in total. The minimum atomic E-state index is -0.584. The SMILES string of the molecule is C=CC(=O)OCc1cc(COC(=O)C=C)cc(OCCOc2cc(COC(=O)C=C)cc(COC(=O)C=C)c2)c1. The molecule has 40 heavy (non-hydrogen) atoms. The molecule has 0 atom stereocenters. The Morgan fingerprint density at radius 3 is 0.950 bits per heavy atom. The zero-order valence-corrected chi connectivity index (χ0v) is 21.9. The Kier molecular flexibility index (Phi) is 13.0. The summed E-state index contributed by atoms with van der Waals surface area (Å²) in [6, 6.07) is 10.1. The lowest BCUT2D eigenvalue weighted by Crippen LogP contribution is -2.11. The van der Waals surface area contributed by atoms with E-state index >= 15 is 0 Å². The normalized spacial score (nSPS) is 9.90. The maximum absolute atomic E-state index is 11.5. The van der Waals surface area contributed by atoms with E-state index in [4.69, 9.17) is 28.4 Å². The average molecular weight is 551 g/mol. The minimum absolute atomic E-state index is 0.0383. The predicted octanol–water partition coefficient (Wildman–Crippen LogP) is 4.06. The van der Waals surface area contributed by atoms with Gasteiger partial charge in [-0.25, -0.2) is 19.2 Å². The fourth-order valence-corrected chi connectivity index (χ4v) is 3.13. The summed E-state index contributed by atoms with van der Waals surface area (Å²) >= 11 is 0. The van der Waals surface area contributed by atoms with E-state index in [0.29, 0.717) is 33.8 Å². The first-order valence-corrected chi connectivity index (χ1v) is 11.9. The highest BCUT2D eigenvalue weighted by molar-refractivity contribution is 5.82. The fraction of sp³-hybridized carbons (Fsp3) is 0.200. The molecule has 2 aromatic carbocycles. The number of esters is 4. The molecule has 0 bridgehead atoms. The predicted molar refractivity (Wildman–Crippen MR) is 144 cm³/mol. The van der Waals surface area contributed by atoms with E-state index in [2.05, 4.69) is 26.3 Å². The van der Waals surface area contributed by atoms with E-state index in [0.717, 1.165) is 24.3 Å². The second-order valence-electron chi connectivity index (χ2n) is 7.91. The van der Waals surface area contributed by atoms with Crippen LogP contribution in [0.25, 0.3) is 0 Å². The van der Waals surface area contributed by atoms with Gasteiger partial charge in [0.05, 0.1) is 0 Å². The molecule has 210 valence electrons. The van der Waals surface area contributed by atoms with Gasteiger partial charge in [-0.3, -0.25) is 0 Å². The molecule has 0 aliphatic heterocycles. The van der Waals surface area contributed by atoms with Crippen molar-refractivity contribution in [1.29, 1.82) is 0 Å². The molecular formula is C30H30O10. The van der Waals surface area contributed by atoms with E-state index in [1.54, 1.807) is 36.4 Å². The molecule has 0 saturated heterocycles. The zero-order chi connectivity index (χ0) is 29.3. The Morgan fingerprint density at radius 2 is 0.725 bits per heavy atom. The first-order chi connectivity index (χ1) is 19.3. The lowest BCUT2D eigenvalue weighted by Gasteiger charge is -2.14. The minimum Gasteiger partial charge on any atom is -0.490 e. The van der Waals surface area contributed by atoms with E-state index in [9.17, 15) is 19.2 Å². The Balaban J connectivity index is 2.08. The Labute approximate surface area is 232 Å². The van der Waals surface area contributed by atoms with Crippen LogP contribution >= 0.6 is 0 Å². The molecule has 0 aliphatic rings. The van der Waals surface area contributed by atoms with Crippen molar-refractivity contribution in [3.63, 3.8) is 0 Å². The van der Waals surface area contributed by atoms with Crippen LogP contribution in [0.5, 0.6) is 11.5 Å². The molecular weight excluding hydrogens is 520 g/mol. The number of hydrogen-bond acceptors (Lipinski definition) is 10. The van der Waals surface area contributed by atoms with Crippen molar-refractivity contribution in [2.75, 3.05) is 13.2 Å². The van der Waals surface area contributed by atoms with Crippen molar-refractivity contribution in [2.45, 2.75) is 26.4 Å². The molecule has 2 aromatic rings. The van der Waals surface area contributed by atoms with Gasteiger partial charge >= 0.3 is 23.9 Å². The quantitative estimate of drug-likeness (QED) is 0.123. The highest BCUT2D eigenvalue weighted by Gasteiger charge is 2.09. The van der Waals surface area contributed by atoms with Crippen LogP contribution < -0.4 is 9.47 Å². The van der Waals surface area contributed by atoms with Gasteiger partial charge in [-0.1, -0.05) is 26.3 Å². The smallest absolute Gasteiger partial charge is 0.330 e. The van der Waals surface area contributed by atoms with Crippen molar-refractivity contribution in [3.8, 4) is 11.5 Å². The molecule has 0 aliphatic carbocycles. The van der Waals surface area contributed by atoms with Crippen molar-refractivity contribution in [3.05, 3.63) is 109 Å². The largest absolute Gasteiger partial charge is 0.490 e. The molecule has 0 unspecified atom stereocenters. The van der Waals surface area contributed by atoms with Gasteiger partial charge in [-0.15, -0.1) is 0 Å². The maximum atomic E-state index is 11.5. The van der Waals surface area contributed by atoms with Gasteiger partial charge in [0.15, 0.2) is 0 Å². The summed E-state index contributed by atoms with van der Waals surface area (Å²) in [6.45, 7) is 13.5. The summed E-state index contributed by atoms with van der Waals surface area (Å²) < 4.78 is 32.0. The second-order valence-corrected chi connectivity index (χ2v) is 7.91. The molecule has 0 saturated carbocycles. The molecule has 0 amide bonds. The first kappa shape index (κ1) is 31.1. The first-order valence-electron chi connectivity index (χ1n) is 11.9. The maximum Gasteiger partial charge on any atom is 0.330 e. The van der Waals surface area contributed by atoms with Gasteiger partial charge in [0, 0.05) is 24.3 Å². The van der Waals surface area contributed by atoms with E-state index in [1.807, 2.05) is 0 Å². The monoisotopic (exact) mass is 550 g/mol. The van der Waals surface area contributed by atoms with Gasteiger partial charge in [-0.05, 0) is 58.7 Å². The van der Waals surface area contributed by atoms with Gasteiger partial charge in [0.1, 0.15) is 51.1 Å². The molecule has 0 spiro atoms. The van der Waals surface area contributed by atoms with Crippen LogP contribution in [0.3, 0.4) is 0 Å². The van der Waals surface area contributed by atoms with Crippen LogP contribution in [0.2, 0.25) is 0 Å². The van der Waals surface area contributed by atoms with Crippen LogP contribution in [-0.4, -0.2) is 37.1 Å². The molecule has 0 N–H and O–H groups in total. The molecule has 0 aromatic heterocycles. The third-order valence-corrected chi connectivity index (χ3v) is 4.86. The number of carbonyl (C=O) groups excluding carboxylic acids is 4. The van der Waals surface area contributed by atoms with Crippen LogP contribution in [-0.2, 0) is 64.6 Å². The molecule has 0 heterocycles. The third kappa shape index (κ3) is 11.5. The van der Waals surface area contributed by atoms with Crippen molar-refractivity contribution < 1.29 is 47.6 Å². The number of carbonyl (C=O) groups is 4. The molecule has 2 rings (SSSR count). The summed E-state index contributed by atoms with van der Waals surface area (Å²) in [4.78, 5) is 45.8. The number of rotatable bonds is 17. The van der Waals surface area contributed by atoms with Gasteiger partial charge in [0.25, 0.3) is 0 Å². The van der Waals surface area contributed by atoms with Gasteiger partial charge in [0.2, 0.25) is 0 Å². The van der Waals surface area contributed by atoms with Crippen LogP contribution in [0.1, 0.15) is 22.3 Å². The summed E-state index contributed by atoms with van der Waals surface area (Å²) in [5, 5.41) is 0. The van der Waals surface area contributed by atoms with Crippen LogP contribution in [0.4, 0.5) is 0 Å². The number of hydrogen-bond donors (Lipinski definition) is 0. The summed E-state index contributed by atoms with van der Waals surface area (Å²) in [5.74, 6) is -1.47. The number of benzene rings is 2. The lowest BCUT2D eigenvalue weighted by molar-refractivity contribution is -0.140. The average Bonchev–Trinajstić information content (AvgIpc) is 2.98. The van der Waals surface area contributed by atoms with E-state index < -0.39 is 23.9 Å². The van der Waals surface area contributed by atoms with Crippen molar-refractivity contribution >= 4 is 23.9 Å². The van der Waals surface area contributed by atoms with Gasteiger partial charge < -0.3 is 28.4 Å². The molecule has 0 fully saturated rings. The van der Waals surface area contributed by atoms with Gasteiger partial charge in [-0.2, -0.15) is 0 Å². The molecule has 0 radical (unpaired) electrons. The summed E-state index contributed by atoms with van der Waals surface area (Å²) in [5.41, 5.74) is 2.44. The fourth-order valence-electron chi connectivity index (χ4n) is 3.13. The Hall–Kier alpha value is -5.12. The third-order valence-electron chi connectivity index (χ3n) is 4.86. The van der Waals surface area contributed by atoms with E-state index in [1.165, 1.54) is 0 Å². The highest BCUT2D eigenvalue weighted by Crippen LogP contribution is 2.21.